The number of nitrogens with one attached hydrogen (secondary N) is 3. The van der Waals surface area contributed by atoms with Crippen molar-refractivity contribution in [1.29, 1.82) is 0 Å². The maximum absolute atomic E-state index is 13.2. The molecule has 1 fully saturated rings. The highest BCUT2D eigenvalue weighted by Crippen LogP contribution is 2.19. The van der Waals surface area contributed by atoms with Crippen LogP contribution < -0.4 is 16.0 Å². The van der Waals surface area contributed by atoms with E-state index in [2.05, 4.69) is 25.9 Å². The number of anilines is 1. The molecule has 11 nitrogen and oxygen atoms in total. The van der Waals surface area contributed by atoms with E-state index in [4.69, 9.17) is 0 Å². The van der Waals surface area contributed by atoms with Crippen LogP contribution >= 0.6 is 0 Å². The monoisotopic (exact) mass is 525 g/mol. The maximum atomic E-state index is 13.2. The van der Waals surface area contributed by atoms with Gasteiger partial charge in [0.05, 0.1) is 0 Å². The molecule has 3 N–H and O–H groups in total. The number of aromatic nitrogens is 2. The van der Waals surface area contributed by atoms with Crippen LogP contribution in [0.15, 0.2) is 30.5 Å². The van der Waals surface area contributed by atoms with Crippen LogP contribution in [0.1, 0.15) is 48.8 Å². The van der Waals surface area contributed by atoms with Crippen LogP contribution in [0.5, 0.6) is 0 Å². The van der Waals surface area contributed by atoms with Crippen LogP contribution in [-0.2, 0) is 27.3 Å². The van der Waals surface area contributed by atoms with Gasteiger partial charge >= 0.3 is 0 Å². The Bertz CT molecular complexity index is 1150. The Labute approximate surface area is 223 Å². The fourth-order valence-corrected chi connectivity index (χ4v) is 4.33. The first-order valence-electron chi connectivity index (χ1n) is 13.1. The van der Waals surface area contributed by atoms with Gasteiger partial charge in [0.2, 0.25) is 17.7 Å². The highest BCUT2D eigenvalue weighted by Gasteiger charge is 2.28. The highest BCUT2D eigenvalue weighted by molar-refractivity contribution is 6.00. The van der Waals surface area contributed by atoms with Crippen molar-refractivity contribution >= 4 is 29.3 Å². The van der Waals surface area contributed by atoms with Crippen molar-refractivity contribution in [2.24, 2.45) is 0 Å². The zero-order chi connectivity index (χ0) is 27.8. The molecule has 0 unspecified atom stereocenters. The van der Waals surface area contributed by atoms with Crippen molar-refractivity contribution in [1.82, 2.24) is 30.2 Å². The van der Waals surface area contributed by atoms with Crippen molar-refractivity contribution in [3.63, 3.8) is 0 Å². The fraction of sp³-hybridized carbons (Fsp3) is 0.519. The Morgan fingerprint density at radius 1 is 1.03 bits per heavy atom. The summed E-state index contributed by atoms with van der Waals surface area (Å²) in [7, 11) is 2.03. The maximum Gasteiger partial charge on any atom is 0.270 e. The van der Waals surface area contributed by atoms with Gasteiger partial charge < -0.3 is 25.8 Å². The van der Waals surface area contributed by atoms with E-state index in [1.165, 1.54) is 0 Å². The first-order chi connectivity index (χ1) is 18.1. The van der Waals surface area contributed by atoms with Crippen molar-refractivity contribution in [2.75, 3.05) is 38.5 Å². The van der Waals surface area contributed by atoms with Crippen LogP contribution in [0, 0.1) is 6.92 Å². The third-order valence-corrected chi connectivity index (χ3v) is 6.75. The predicted octanol–water partition coefficient (Wildman–Crippen LogP) is 1.18. The summed E-state index contributed by atoms with van der Waals surface area (Å²) >= 11 is 0. The Morgan fingerprint density at radius 2 is 1.74 bits per heavy atom. The topological polar surface area (TPSA) is 129 Å². The van der Waals surface area contributed by atoms with Gasteiger partial charge in [0.25, 0.3) is 5.91 Å². The van der Waals surface area contributed by atoms with E-state index in [1.807, 2.05) is 37.9 Å². The zero-order valence-corrected chi connectivity index (χ0v) is 22.9. The van der Waals surface area contributed by atoms with Gasteiger partial charge in [-0.3, -0.25) is 23.9 Å². The molecule has 0 aliphatic carbocycles. The van der Waals surface area contributed by atoms with Crippen LogP contribution in [0.25, 0.3) is 0 Å². The van der Waals surface area contributed by atoms with Crippen molar-refractivity contribution < 1.29 is 19.2 Å². The smallest absolute Gasteiger partial charge is 0.270 e. The second-order valence-corrected chi connectivity index (χ2v) is 9.67. The number of carbonyl (C=O) groups is 4. The number of hydrogen-bond acceptors (Lipinski definition) is 6. The van der Waals surface area contributed by atoms with E-state index in [9.17, 15) is 19.2 Å². The normalized spacial score (nSPS) is 15.4. The molecule has 0 radical (unpaired) electrons. The summed E-state index contributed by atoms with van der Waals surface area (Å²) in [4.78, 5) is 54.7. The third kappa shape index (κ3) is 7.41. The number of rotatable bonds is 10. The average molecular weight is 526 g/mol. The Morgan fingerprint density at radius 3 is 2.37 bits per heavy atom. The highest BCUT2D eigenvalue weighted by atomic mass is 16.2. The molecular formula is C27H39N7O4. The van der Waals surface area contributed by atoms with E-state index in [-0.39, 0.29) is 23.6 Å². The molecule has 2 heterocycles. The van der Waals surface area contributed by atoms with Gasteiger partial charge in [-0.1, -0.05) is 19.1 Å². The molecule has 2 aromatic rings. The van der Waals surface area contributed by atoms with Gasteiger partial charge in [-0.25, -0.2) is 0 Å². The molecule has 2 atom stereocenters. The third-order valence-electron chi connectivity index (χ3n) is 6.75. The van der Waals surface area contributed by atoms with E-state index < -0.39 is 12.1 Å². The lowest BCUT2D eigenvalue weighted by Crippen LogP contribution is -2.54. The van der Waals surface area contributed by atoms with Gasteiger partial charge in [-0.05, 0) is 51.1 Å². The minimum Gasteiger partial charge on any atom is -0.344 e. The summed E-state index contributed by atoms with van der Waals surface area (Å²) in [6, 6.07) is 5.71. The van der Waals surface area contributed by atoms with Crippen LogP contribution in [0.3, 0.4) is 0 Å². The van der Waals surface area contributed by atoms with Gasteiger partial charge in [0, 0.05) is 57.4 Å². The van der Waals surface area contributed by atoms with E-state index in [0.717, 1.165) is 24.2 Å². The van der Waals surface area contributed by atoms with Crippen molar-refractivity contribution in [3.8, 4) is 0 Å². The first-order valence-corrected chi connectivity index (χ1v) is 13.1. The summed E-state index contributed by atoms with van der Waals surface area (Å²) in [5, 5.41) is 12.5. The number of nitrogens with zero attached hydrogens (tertiary/aromatic N) is 4. The molecule has 1 saturated heterocycles. The molecule has 0 spiro atoms. The molecule has 11 heteroatoms. The minimum absolute atomic E-state index is 0.0797. The number of likely N-dealkylation sites (N-methyl/N-ethyl adjacent to an activating group) is 1. The molecular weight excluding hydrogens is 486 g/mol. The number of piperazine rings is 1. The lowest BCUT2D eigenvalue weighted by atomic mass is 10.0. The molecule has 38 heavy (non-hydrogen) atoms. The quantitative estimate of drug-likeness (QED) is 0.427. The first kappa shape index (κ1) is 28.8. The molecule has 0 bridgehead atoms. The largest absolute Gasteiger partial charge is 0.344 e. The average Bonchev–Trinajstić information content (AvgIpc) is 3.39. The second kappa shape index (κ2) is 13.2. The van der Waals surface area contributed by atoms with Gasteiger partial charge in [-0.2, -0.15) is 5.10 Å². The van der Waals surface area contributed by atoms with Crippen LogP contribution in [0.4, 0.5) is 5.69 Å². The molecule has 206 valence electrons. The predicted molar refractivity (Wildman–Crippen MR) is 145 cm³/mol. The van der Waals surface area contributed by atoms with Gasteiger partial charge in [0.1, 0.15) is 17.8 Å². The Balaban J connectivity index is 1.64. The van der Waals surface area contributed by atoms with Gasteiger partial charge in [0.15, 0.2) is 0 Å². The molecule has 3 rings (SSSR count). The van der Waals surface area contributed by atoms with E-state index in [0.29, 0.717) is 43.9 Å². The number of aryl methyl sites for hydroxylation is 2. The van der Waals surface area contributed by atoms with Crippen LogP contribution in [-0.4, -0.2) is 88.5 Å². The fourth-order valence-electron chi connectivity index (χ4n) is 4.33. The Hall–Kier alpha value is -3.73. The lowest BCUT2D eigenvalue weighted by Gasteiger charge is -2.35. The molecule has 1 aromatic carbocycles. The summed E-state index contributed by atoms with van der Waals surface area (Å²) in [5.41, 5.74) is 2.69. The van der Waals surface area contributed by atoms with E-state index in [1.54, 1.807) is 36.9 Å². The Kier molecular flexibility index (Phi) is 10.0. The summed E-state index contributed by atoms with van der Waals surface area (Å²) in [5.74, 6) is -0.973. The SMILES string of the molecule is CCC(=O)N[C@H](Cc1ccc(NC(=O)[C@H](C)NC(=O)c2ccnn2CC)c(C)c1)C(=O)N1CCN(C)CC1. The van der Waals surface area contributed by atoms with Crippen molar-refractivity contribution in [3.05, 3.63) is 47.3 Å². The zero-order valence-electron chi connectivity index (χ0n) is 22.9. The number of benzene rings is 1. The number of amides is 4. The molecule has 4 amide bonds. The molecule has 1 aliphatic heterocycles. The van der Waals surface area contributed by atoms with Crippen molar-refractivity contribution in [2.45, 2.75) is 59.2 Å². The van der Waals surface area contributed by atoms with E-state index >= 15 is 0 Å². The standard InChI is InChI=1S/C27H39N7O4/c1-6-24(35)30-22(27(38)33-14-12-32(5)13-15-33)17-20-8-9-21(18(3)16-20)31-25(36)19(4)29-26(37)23-10-11-28-34(23)7-2/h8-11,16,19,22H,6-7,12-15,17H2,1-5H3,(H,29,37)(H,30,35)(H,31,36)/t19-,22+/m0/s1. The lowest BCUT2D eigenvalue weighted by molar-refractivity contribution is -0.137. The molecule has 1 aliphatic rings. The molecule has 0 saturated carbocycles. The minimum atomic E-state index is -0.767. The van der Waals surface area contributed by atoms with Gasteiger partial charge in [-0.15, -0.1) is 0 Å². The summed E-state index contributed by atoms with van der Waals surface area (Å²) in [6.07, 6.45) is 2.20. The summed E-state index contributed by atoms with van der Waals surface area (Å²) in [6.45, 7) is 10.5. The molecule has 1 aromatic heterocycles. The summed E-state index contributed by atoms with van der Waals surface area (Å²) < 4.78 is 1.56. The number of carbonyl (C=O) groups excluding carboxylic acids is 4. The van der Waals surface area contributed by atoms with Crippen LogP contribution in [0.2, 0.25) is 0 Å². The number of hydrogen-bond donors (Lipinski definition) is 3. The second-order valence-electron chi connectivity index (χ2n) is 9.67.